The van der Waals surface area contributed by atoms with Crippen molar-refractivity contribution in [1.29, 1.82) is 0 Å². The number of carbonyl (C=O) groups excluding carboxylic acids is 7. The Morgan fingerprint density at radius 3 is 0.901 bits per heavy atom. The van der Waals surface area contributed by atoms with Gasteiger partial charge in [0.05, 0.1) is 72.0 Å². The number of hydrogen-bond donors (Lipinski definition) is 1. The molecule has 3 saturated heterocycles. The van der Waals surface area contributed by atoms with E-state index >= 15 is 14.4 Å². The Labute approximate surface area is 639 Å². The number of hydrogen-bond acceptors (Lipinski definition) is 23. The molecule has 111 heavy (non-hydrogen) atoms. The Hall–Kier alpha value is -11.9. The van der Waals surface area contributed by atoms with Gasteiger partial charge in [-0.1, -0.05) is 218 Å². The third-order valence-corrected chi connectivity index (χ3v) is 18.4. The van der Waals surface area contributed by atoms with Gasteiger partial charge in [-0.2, -0.15) is 0 Å². The highest BCUT2D eigenvalue weighted by Crippen LogP contribution is 2.39. The third-order valence-electron chi connectivity index (χ3n) is 18.4. The molecule has 568 valence electrons. The molecule has 3 fully saturated rings. The van der Waals surface area contributed by atoms with Crippen molar-refractivity contribution in [3.05, 3.63) is 359 Å². The van der Waals surface area contributed by atoms with Crippen LogP contribution in [0.3, 0.4) is 0 Å². The van der Waals surface area contributed by atoms with E-state index in [2.05, 4.69) is 0 Å². The van der Waals surface area contributed by atoms with E-state index in [-0.39, 0.29) is 65.4 Å². The zero-order valence-electron chi connectivity index (χ0n) is 59.7. The van der Waals surface area contributed by atoms with Crippen LogP contribution < -0.4 is 0 Å². The Balaban J connectivity index is 0.959. The predicted octanol–water partition coefficient (Wildman–Crippen LogP) is 12.2. The molecule has 3 aliphatic rings. The number of benzene rings is 10. The summed E-state index contributed by atoms with van der Waals surface area (Å²) >= 11 is 0. The number of ether oxygens (including phenoxy) is 15. The first-order chi connectivity index (χ1) is 54.4. The quantitative estimate of drug-likeness (QED) is 0.0323. The fraction of sp³-hybridized carbons (Fsp3) is 0.239. The third kappa shape index (κ3) is 20.5. The van der Waals surface area contributed by atoms with Crippen LogP contribution in [0.25, 0.3) is 0 Å². The van der Waals surface area contributed by atoms with Gasteiger partial charge in [0.15, 0.2) is 55.5 Å². The molecule has 0 aliphatic carbocycles. The Bertz CT molecular complexity index is 4620. The highest BCUT2D eigenvalue weighted by atomic mass is 16.8. The minimum absolute atomic E-state index is 0.00257. The fourth-order valence-corrected chi connectivity index (χ4v) is 12.8. The number of carbonyl (C=O) groups is 7. The molecule has 3 heterocycles. The Morgan fingerprint density at radius 2 is 0.532 bits per heavy atom. The molecule has 23 nitrogen and oxygen atoms in total. The van der Waals surface area contributed by atoms with Crippen molar-refractivity contribution in [3.63, 3.8) is 0 Å². The van der Waals surface area contributed by atoms with Crippen LogP contribution in [0.2, 0.25) is 0 Å². The van der Waals surface area contributed by atoms with Gasteiger partial charge in [0.25, 0.3) is 0 Å². The minimum atomic E-state index is -2.03. The van der Waals surface area contributed by atoms with Crippen LogP contribution in [0.5, 0.6) is 0 Å². The molecule has 0 radical (unpaired) electrons. The molecule has 13 rings (SSSR count). The molecule has 15 atom stereocenters. The molecular weight excluding hydrogens is 1420 g/mol. The monoisotopic (exact) mass is 1500 g/mol. The molecule has 0 amide bonds. The first-order valence-corrected chi connectivity index (χ1v) is 36.0. The van der Waals surface area contributed by atoms with Gasteiger partial charge in [-0.15, -0.1) is 0 Å². The minimum Gasteiger partial charge on any atom is -0.459 e. The highest BCUT2D eigenvalue weighted by Gasteiger charge is 2.59. The summed E-state index contributed by atoms with van der Waals surface area (Å²) in [6.45, 7) is -2.12. The zero-order chi connectivity index (χ0) is 76.7. The second-order valence-corrected chi connectivity index (χ2v) is 26.0. The number of aliphatic hydroxyl groups is 1. The summed E-state index contributed by atoms with van der Waals surface area (Å²) < 4.78 is 99.8. The van der Waals surface area contributed by atoms with Crippen LogP contribution in [0.15, 0.2) is 303 Å². The molecule has 0 bridgehead atoms. The lowest BCUT2D eigenvalue weighted by Gasteiger charge is -2.49. The second kappa shape index (κ2) is 38.5. The first-order valence-electron chi connectivity index (χ1n) is 36.0. The molecular formula is C88H78O23. The maximum atomic E-state index is 15.2. The number of aliphatic hydroxyl groups excluding tert-OH is 1. The zero-order valence-corrected chi connectivity index (χ0v) is 59.7. The molecule has 10 aromatic carbocycles. The van der Waals surface area contributed by atoms with Crippen molar-refractivity contribution in [2.75, 3.05) is 19.8 Å². The number of esters is 7. The van der Waals surface area contributed by atoms with E-state index in [4.69, 9.17) is 71.1 Å². The van der Waals surface area contributed by atoms with Gasteiger partial charge < -0.3 is 76.2 Å². The summed E-state index contributed by atoms with van der Waals surface area (Å²) in [6, 6.07) is 82.2. The molecule has 10 aromatic rings. The largest absolute Gasteiger partial charge is 0.459 e. The van der Waals surface area contributed by atoms with Crippen molar-refractivity contribution >= 4 is 41.8 Å². The predicted molar refractivity (Wildman–Crippen MR) is 396 cm³/mol. The summed E-state index contributed by atoms with van der Waals surface area (Å²) in [6.07, 6.45) is -26.5. The van der Waals surface area contributed by atoms with Crippen molar-refractivity contribution in [2.24, 2.45) is 0 Å². The second-order valence-electron chi connectivity index (χ2n) is 26.0. The van der Waals surface area contributed by atoms with Gasteiger partial charge in [-0.25, -0.2) is 33.6 Å². The summed E-state index contributed by atoms with van der Waals surface area (Å²) in [4.78, 5) is 104. The SMILES string of the molecule is O=C(OC[C@H]1O[C@@H](OC[C@H]2O[C@@H](O[C@H]3[C@H](OCc4ccccc4)[C@@H](OCc4ccccc4)[C@@H](O)O[C@@H]3COCc3ccccc3)[C@H](OC(=O)c3ccccc3)[C@@H](OC(=O)c3ccccc3)[C@@H]2OC(=O)c2ccccc2)[C@H](OC(=O)c2ccccc2)[C@@H](OC(=O)c2ccccc2)[C@@H]1OC(=O)c1ccccc1)c1ccccc1. The van der Waals surface area contributed by atoms with Gasteiger partial charge in [-0.3, -0.25) is 0 Å². The molecule has 0 spiro atoms. The van der Waals surface area contributed by atoms with E-state index in [1.807, 2.05) is 91.0 Å². The van der Waals surface area contributed by atoms with Crippen LogP contribution in [-0.4, -0.2) is 159 Å². The topological polar surface area (TPSA) is 278 Å². The van der Waals surface area contributed by atoms with Crippen LogP contribution >= 0.6 is 0 Å². The standard InChI is InChI=1S/C88H78O23/c89-79(60-37-17-4-18-38-60)100-55-68-71(105-80(90)61-39-19-5-20-40-61)74(107-82(92)63-43-23-7-24-44-63)77(109-84(94)65-47-27-9-28-48-65)87(103-68)101-56-69-72(106-81(91)62-41-21-6-22-42-62)75(108-83(93)64-45-25-8-26-46-64)78(110-85(95)66-49-29-10-30-50-66)88(104-69)111-70-67(54-97-51-57-31-11-1-12-32-57)102-86(96)76(99-53-59-35-15-3-16-36-59)73(70)98-52-58-33-13-2-14-34-58/h1-50,67-78,86-88,96H,51-56H2/t67-,68-,69-,70-,71-,72-,73+,74+,75+,76-,77-,78-,86+,87-,88+/m1/s1. The smallest absolute Gasteiger partial charge is 0.338 e. The summed E-state index contributed by atoms with van der Waals surface area (Å²) in [5.41, 5.74) is 2.32. The Morgan fingerprint density at radius 1 is 0.252 bits per heavy atom. The molecule has 0 unspecified atom stereocenters. The molecule has 0 aromatic heterocycles. The lowest BCUT2D eigenvalue weighted by atomic mass is 9.95. The van der Waals surface area contributed by atoms with Crippen molar-refractivity contribution in [1.82, 2.24) is 0 Å². The average molecular weight is 1500 g/mol. The van der Waals surface area contributed by atoms with E-state index in [0.717, 1.165) is 5.56 Å². The van der Waals surface area contributed by atoms with Gasteiger partial charge in [0.2, 0.25) is 0 Å². The Kier molecular flexibility index (Phi) is 26.8. The molecule has 3 aliphatic heterocycles. The van der Waals surface area contributed by atoms with Gasteiger partial charge >= 0.3 is 41.8 Å². The van der Waals surface area contributed by atoms with Gasteiger partial charge in [0.1, 0.15) is 43.2 Å². The van der Waals surface area contributed by atoms with Crippen LogP contribution in [0, 0.1) is 0 Å². The van der Waals surface area contributed by atoms with Crippen LogP contribution in [0.1, 0.15) is 89.2 Å². The van der Waals surface area contributed by atoms with E-state index in [1.54, 1.807) is 127 Å². The normalized spacial score (nSPS) is 23.5. The maximum Gasteiger partial charge on any atom is 0.338 e. The van der Waals surface area contributed by atoms with Gasteiger partial charge in [0, 0.05) is 0 Å². The average Bonchev–Trinajstić information content (AvgIpc) is 0.770. The van der Waals surface area contributed by atoms with E-state index < -0.39 is 147 Å². The molecule has 1 N–H and O–H groups in total. The van der Waals surface area contributed by atoms with Crippen molar-refractivity contribution in [3.8, 4) is 0 Å². The summed E-state index contributed by atoms with van der Waals surface area (Å²) in [7, 11) is 0. The van der Waals surface area contributed by atoms with E-state index in [1.165, 1.54) is 84.9 Å². The van der Waals surface area contributed by atoms with E-state index in [9.17, 15) is 24.3 Å². The van der Waals surface area contributed by atoms with E-state index in [0.29, 0.717) is 11.1 Å². The van der Waals surface area contributed by atoms with Crippen LogP contribution in [0.4, 0.5) is 0 Å². The van der Waals surface area contributed by atoms with Crippen molar-refractivity contribution < 1.29 is 110 Å². The maximum absolute atomic E-state index is 15.2. The lowest BCUT2D eigenvalue weighted by molar-refractivity contribution is -0.367. The highest BCUT2D eigenvalue weighted by molar-refractivity contribution is 5.93. The molecule has 23 heteroatoms. The summed E-state index contributed by atoms with van der Waals surface area (Å²) in [5.74, 6) is -6.89. The lowest BCUT2D eigenvalue weighted by Crippen LogP contribution is -2.67. The van der Waals surface area contributed by atoms with Crippen molar-refractivity contribution in [2.45, 2.75) is 112 Å². The fourth-order valence-electron chi connectivity index (χ4n) is 12.8. The molecule has 0 saturated carbocycles. The summed E-state index contributed by atoms with van der Waals surface area (Å²) in [5, 5.41) is 12.3. The van der Waals surface area contributed by atoms with Gasteiger partial charge in [-0.05, 0) is 102 Å². The van der Waals surface area contributed by atoms with Crippen LogP contribution in [-0.2, 0) is 90.9 Å². The number of rotatable bonds is 30. The first kappa shape index (κ1) is 77.3.